The second-order valence-electron chi connectivity index (χ2n) is 2.94. The van der Waals surface area contributed by atoms with Crippen molar-refractivity contribution in [1.82, 2.24) is 0 Å². The molecule has 0 fully saturated rings. The highest BCUT2D eigenvalue weighted by molar-refractivity contribution is 7.47. The molecule has 0 bridgehead atoms. The summed E-state index contributed by atoms with van der Waals surface area (Å²) in [6.45, 7) is 2.26. The molecule has 0 atom stereocenters. The van der Waals surface area contributed by atoms with Crippen LogP contribution in [0, 0.1) is 0 Å². The van der Waals surface area contributed by atoms with Crippen LogP contribution in [-0.2, 0) is 0 Å². The lowest BCUT2D eigenvalue weighted by atomic mass is 10.1. The summed E-state index contributed by atoms with van der Waals surface area (Å²) in [7, 11) is 1.44. The minimum atomic E-state index is 1.31. The summed E-state index contributed by atoms with van der Waals surface area (Å²) in [6, 6.07) is 0. The fourth-order valence-electron chi connectivity index (χ4n) is 1.22. The van der Waals surface area contributed by atoms with Crippen LogP contribution in [0.3, 0.4) is 0 Å². The highest BCUT2D eigenvalue weighted by Crippen LogP contribution is 2.33. The SMILES string of the molecule is CCCCCCC1=CC=C[P]1. The monoisotopic (exact) mass is 167 g/mol. The van der Waals surface area contributed by atoms with E-state index in [2.05, 4.69) is 24.9 Å². The van der Waals surface area contributed by atoms with Crippen molar-refractivity contribution in [1.29, 1.82) is 0 Å². The van der Waals surface area contributed by atoms with Crippen molar-refractivity contribution >= 4 is 8.58 Å². The van der Waals surface area contributed by atoms with Gasteiger partial charge in [-0.2, -0.15) is 0 Å². The molecular weight excluding hydrogens is 151 g/mol. The van der Waals surface area contributed by atoms with E-state index in [-0.39, 0.29) is 0 Å². The fraction of sp³-hybridized carbons (Fsp3) is 0.600. The van der Waals surface area contributed by atoms with E-state index in [0.29, 0.717) is 0 Å². The zero-order valence-electron chi connectivity index (χ0n) is 7.21. The summed E-state index contributed by atoms with van der Waals surface area (Å²) in [5.41, 5.74) is 0. The molecular formula is C10H16P. The van der Waals surface area contributed by atoms with Crippen molar-refractivity contribution in [2.24, 2.45) is 0 Å². The van der Waals surface area contributed by atoms with Gasteiger partial charge in [-0.25, -0.2) is 0 Å². The third kappa shape index (κ3) is 3.72. The van der Waals surface area contributed by atoms with Gasteiger partial charge < -0.3 is 0 Å². The van der Waals surface area contributed by atoms with Crippen molar-refractivity contribution in [3.63, 3.8) is 0 Å². The van der Waals surface area contributed by atoms with Crippen LogP contribution in [0.25, 0.3) is 0 Å². The second kappa shape index (κ2) is 5.55. The van der Waals surface area contributed by atoms with Crippen LogP contribution in [-0.4, -0.2) is 0 Å². The molecule has 11 heavy (non-hydrogen) atoms. The van der Waals surface area contributed by atoms with Crippen molar-refractivity contribution in [2.75, 3.05) is 0 Å². The smallest absolute Gasteiger partial charge is 0.0225 e. The lowest BCUT2D eigenvalue weighted by Crippen LogP contribution is -1.76. The molecule has 0 spiro atoms. The standard InChI is InChI=1S/C10H16P/c1-2-3-4-5-7-10-8-6-9-11-10/h6,8-9H,2-5,7H2,1H3. The molecule has 0 nitrogen and oxygen atoms in total. The summed E-state index contributed by atoms with van der Waals surface area (Å²) in [6.07, 6.45) is 11.3. The lowest BCUT2D eigenvalue weighted by molar-refractivity contribution is 0.672. The molecule has 1 heteroatoms. The van der Waals surface area contributed by atoms with Crippen molar-refractivity contribution < 1.29 is 0 Å². The third-order valence-corrected chi connectivity index (χ3v) is 2.93. The fourth-order valence-corrected chi connectivity index (χ4v) is 2.04. The van der Waals surface area contributed by atoms with E-state index < -0.39 is 0 Å². The second-order valence-corrected chi connectivity index (χ2v) is 4.07. The van der Waals surface area contributed by atoms with E-state index in [9.17, 15) is 0 Å². The highest BCUT2D eigenvalue weighted by atomic mass is 31.1. The Morgan fingerprint density at radius 2 is 2.18 bits per heavy atom. The largest absolute Gasteiger partial charge is 0.0654 e. The Bertz CT molecular complexity index is 156. The zero-order chi connectivity index (χ0) is 7.94. The topological polar surface area (TPSA) is 0 Å². The van der Waals surface area contributed by atoms with E-state index in [1.807, 2.05) is 0 Å². The predicted molar refractivity (Wildman–Crippen MR) is 52.9 cm³/mol. The molecule has 0 aliphatic carbocycles. The van der Waals surface area contributed by atoms with Gasteiger partial charge in [-0.15, -0.1) is 0 Å². The average molecular weight is 167 g/mol. The van der Waals surface area contributed by atoms with Crippen LogP contribution in [0.2, 0.25) is 0 Å². The molecule has 0 aromatic heterocycles. The van der Waals surface area contributed by atoms with Crippen molar-refractivity contribution in [3.05, 3.63) is 23.3 Å². The minimum absolute atomic E-state index is 1.31. The first kappa shape index (κ1) is 9.00. The van der Waals surface area contributed by atoms with Gasteiger partial charge >= 0.3 is 0 Å². The molecule has 1 rings (SSSR count). The highest BCUT2D eigenvalue weighted by Gasteiger charge is 1.98. The van der Waals surface area contributed by atoms with Crippen molar-refractivity contribution in [3.8, 4) is 0 Å². The summed E-state index contributed by atoms with van der Waals surface area (Å²) in [4.78, 5) is 0. The normalized spacial score (nSPS) is 17.7. The van der Waals surface area contributed by atoms with Gasteiger partial charge in [0.05, 0.1) is 0 Å². The number of allylic oxidation sites excluding steroid dienone is 3. The van der Waals surface area contributed by atoms with Gasteiger partial charge in [0, 0.05) is 0 Å². The summed E-state index contributed by atoms with van der Waals surface area (Å²) < 4.78 is 0. The maximum Gasteiger partial charge on any atom is -0.0225 e. The van der Waals surface area contributed by atoms with Gasteiger partial charge in [-0.1, -0.05) is 44.2 Å². The molecule has 0 saturated carbocycles. The van der Waals surface area contributed by atoms with Gasteiger partial charge in [0.15, 0.2) is 0 Å². The molecule has 0 aromatic carbocycles. The molecule has 0 unspecified atom stereocenters. The molecule has 1 aliphatic heterocycles. The van der Waals surface area contributed by atoms with Crippen molar-refractivity contribution in [2.45, 2.75) is 39.0 Å². The van der Waals surface area contributed by atoms with Gasteiger partial charge in [0.1, 0.15) is 0 Å². The van der Waals surface area contributed by atoms with E-state index in [0.717, 1.165) is 0 Å². The molecule has 0 amide bonds. The number of hydrogen-bond donors (Lipinski definition) is 0. The molecule has 0 aromatic rings. The van der Waals surface area contributed by atoms with Crippen LogP contribution in [0.4, 0.5) is 0 Å². The Morgan fingerprint density at radius 1 is 1.27 bits per heavy atom. The summed E-state index contributed by atoms with van der Waals surface area (Å²) >= 11 is 0. The maximum atomic E-state index is 2.26. The first-order valence-electron chi connectivity index (χ1n) is 4.50. The molecule has 1 radical (unpaired) electrons. The Labute approximate surface area is 71.6 Å². The third-order valence-electron chi connectivity index (χ3n) is 1.90. The van der Waals surface area contributed by atoms with Crippen LogP contribution < -0.4 is 0 Å². The van der Waals surface area contributed by atoms with E-state index in [1.165, 1.54) is 40.7 Å². The van der Waals surface area contributed by atoms with E-state index >= 15 is 0 Å². The number of rotatable bonds is 5. The molecule has 1 heterocycles. The zero-order valence-corrected chi connectivity index (χ0v) is 8.11. The average Bonchev–Trinajstić information content (AvgIpc) is 2.50. The summed E-state index contributed by atoms with van der Waals surface area (Å²) in [5.74, 6) is 2.22. The Morgan fingerprint density at radius 3 is 2.82 bits per heavy atom. The molecule has 1 aliphatic rings. The predicted octanol–water partition coefficient (Wildman–Crippen LogP) is 4.31. The van der Waals surface area contributed by atoms with Crippen LogP contribution in [0.15, 0.2) is 23.3 Å². The van der Waals surface area contributed by atoms with Gasteiger partial charge in [-0.05, 0) is 26.7 Å². The first-order chi connectivity index (χ1) is 5.43. The Balaban J connectivity index is 1.95. The first-order valence-corrected chi connectivity index (χ1v) is 5.46. The minimum Gasteiger partial charge on any atom is -0.0654 e. The van der Waals surface area contributed by atoms with Crippen LogP contribution in [0.1, 0.15) is 39.0 Å². The number of hydrogen-bond acceptors (Lipinski definition) is 0. The van der Waals surface area contributed by atoms with Gasteiger partial charge in [-0.3, -0.25) is 0 Å². The van der Waals surface area contributed by atoms with E-state index in [4.69, 9.17) is 0 Å². The van der Waals surface area contributed by atoms with Gasteiger partial charge in [0.2, 0.25) is 0 Å². The molecule has 0 N–H and O–H groups in total. The lowest BCUT2D eigenvalue weighted by Gasteiger charge is -1.99. The van der Waals surface area contributed by atoms with Gasteiger partial charge in [0.25, 0.3) is 0 Å². The molecule has 0 saturated heterocycles. The maximum absolute atomic E-state index is 2.26. The molecule has 61 valence electrons. The Hall–Kier alpha value is -0.0900. The number of unbranched alkanes of at least 4 members (excludes halogenated alkanes) is 3. The van der Waals surface area contributed by atoms with Crippen LogP contribution in [0.5, 0.6) is 0 Å². The summed E-state index contributed by atoms with van der Waals surface area (Å²) in [5, 5.41) is 1.60. The van der Waals surface area contributed by atoms with Crippen LogP contribution >= 0.6 is 8.58 Å². The van der Waals surface area contributed by atoms with E-state index in [1.54, 1.807) is 5.31 Å². The quantitative estimate of drug-likeness (QED) is 0.422. The Kier molecular flexibility index (Phi) is 4.54.